The molecule has 1 aromatic carbocycles. The fourth-order valence-electron chi connectivity index (χ4n) is 4.11. The molecule has 1 aliphatic carbocycles. The molecule has 1 heterocycles. The summed E-state index contributed by atoms with van der Waals surface area (Å²) in [6.45, 7) is 5.96. The van der Waals surface area contributed by atoms with Crippen molar-refractivity contribution in [2.75, 3.05) is 18.5 Å². The van der Waals surface area contributed by atoms with E-state index in [1.165, 1.54) is 0 Å². The lowest BCUT2D eigenvalue weighted by Gasteiger charge is -2.19. The van der Waals surface area contributed by atoms with Crippen LogP contribution in [0.4, 0.5) is 5.82 Å². The smallest absolute Gasteiger partial charge is 0.310 e. The van der Waals surface area contributed by atoms with Gasteiger partial charge in [0, 0.05) is 11.7 Å². The first kappa shape index (κ1) is 22.4. The third-order valence-corrected chi connectivity index (χ3v) is 5.76. The number of esters is 1. The Morgan fingerprint density at radius 1 is 1.19 bits per heavy atom. The first-order valence-corrected chi connectivity index (χ1v) is 10.7. The van der Waals surface area contributed by atoms with E-state index in [1.807, 2.05) is 20.8 Å². The molecule has 1 amide bonds. The molecule has 0 atom stereocenters. The number of nitriles is 1. The van der Waals surface area contributed by atoms with E-state index in [4.69, 9.17) is 9.47 Å². The van der Waals surface area contributed by atoms with Crippen LogP contribution < -0.4 is 10.1 Å². The van der Waals surface area contributed by atoms with Crippen LogP contribution in [0.3, 0.4) is 0 Å². The Morgan fingerprint density at radius 2 is 1.87 bits per heavy atom. The van der Waals surface area contributed by atoms with Crippen molar-refractivity contribution in [3.63, 3.8) is 0 Å². The fraction of sp³-hybridized carbons (Fsp3) is 0.458. The zero-order valence-electron chi connectivity index (χ0n) is 18.4. The van der Waals surface area contributed by atoms with Crippen molar-refractivity contribution in [2.45, 2.75) is 58.9 Å². The maximum Gasteiger partial charge on any atom is 0.310 e. The van der Waals surface area contributed by atoms with E-state index in [-0.39, 0.29) is 12.5 Å². The van der Waals surface area contributed by atoms with Gasteiger partial charge in [-0.15, -0.1) is 0 Å². The number of carbonyl (C=O) groups excluding carboxylic acids is 2. The van der Waals surface area contributed by atoms with Crippen LogP contribution >= 0.6 is 0 Å². The summed E-state index contributed by atoms with van der Waals surface area (Å²) in [5.74, 6) is 0.312. The standard InChI is InChI=1S/C24H29N3O4/c1-4-30-20-11-9-18(10-12-20)13-23(29)31-15-22(28)26-24-21(14-25)16(2)17(3)27(24)19-7-5-6-8-19/h9-12,19H,4-8,13,15H2,1-3H3,(H,26,28). The van der Waals surface area contributed by atoms with Crippen LogP contribution in [0.1, 0.15) is 61.0 Å². The normalized spacial score (nSPS) is 13.6. The van der Waals surface area contributed by atoms with E-state index >= 15 is 0 Å². The van der Waals surface area contributed by atoms with Crippen LogP contribution in [0, 0.1) is 25.2 Å². The largest absolute Gasteiger partial charge is 0.494 e. The highest BCUT2D eigenvalue weighted by Crippen LogP contribution is 2.37. The van der Waals surface area contributed by atoms with Crippen molar-refractivity contribution in [1.29, 1.82) is 5.26 Å². The molecule has 0 radical (unpaired) electrons. The number of benzene rings is 1. The summed E-state index contributed by atoms with van der Waals surface area (Å²) in [7, 11) is 0. The Morgan fingerprint density at radius 3 is 2.48 bits per heavy atom. The molecule has 1 N–H and O–H groups in total. The second kappa shape index (κ2) is 10.2. The molecule has 0 saturated heterocycles. The Bertz CT molecular complexity index is 980. The van der Waals surface area contributed by atoms with E-state index in [2.05, 4.69) is 16.0 Å². The number of hydrogen-bond acceptors (Lipinski definition) is 5. The number of carbonyl (C=O) groups is 2. The molecule has 1 saturated carbocycles. The molecule has 1 aliphatic rings. The molecule has 0 unspecified atom stereocenters. The van der Waals surface area contributed by atoms with Gasteiger partial charge in [-0.2, -0.15) is 5.26 Å². The quantitative estimate of drug-likeness (QED) is 0.642. The number of aromatic nitrogens is 1. The number of nitrogens with one attached hydrogen (secondary N) is 1. The topological polar surface area (TPSA) is 93.3 Å². The van der Waals surface area contributed by atoms with Gasteiger partial charge < -0.3 is 19.4 Å². The zero-order valence-corrected chi connectivity index (χ0v) is 18.4. The molecule has 0 aliphatic heterocycles. The predicted molar refractivity (Wildman–Crippen MR) is 117 cm³/mol. The zero-order chi connectivity index (χ0) is 22.4. The maximum atomic E-state index is 12.5. The van der Waals surface area contributed by atoms with Crippen molar-refractivity contribution in [1.82, 2.24) is 4.57 Å². The van der Waals surface area contributed by atoms with E-state index in [0.717, 1.165) is 48.3 Å². The number of hydrogen-bond donors (Lipinski definition) is 1. The SMILES string of the molecule is CCOc1ccc(CC(=O)OCC(=O)Nc2c(C#N)c(C)c(C)n2C2CCCC2)cc1. The van der Waals surface area contributed by atoms with Gasteiger partial charge >= 0.3 is 5.97 Å². The van der Waals surface area contributed by atoms with Crippen molar-refractivity contribution in [3.8, 4) is 11.8 Å². The molecule has 0 bridgehead atoms. The lowest BCUT2D eigenvalue weighted by Crippen LogP contribution is -2.24. The molecule has 31 heavy (non-hydrogen) atoms. The Kier molecular flexibility index (Phi) is 7.35. The maximum absolute atomic E-state index is 12.5. The molecule has 1 fully saturated rings. The average Bonchev–Trinajstić information content (AvgIpc) is 3.35. The monoisotopic (exact) mass is 423 g/mol. The van der Waals surface area contributed by atoms with Crippen molar-refractivity contribution in [2.24, 2.45) is 0 Å². The van der Waals surface area contributed by atoms with Crippen LogP contribution in [-0.4, -0.2) is 29.7 Å². The second-order valence-corrected chi connectivity index (χ2v) is 7.82. The Hall–Kier alpha value is -3.27. The molecule has 164 valence electrons. The second-order valence-electron chi connectivity index (χ2n) is 7.82. The summed E-state index contributed by atoms with van der Waals surface area (Å²) in [4.78, 5) is 24.7. The molecular weight excluding hydrogens is 394 g/mol. The average molecular weight is 424 g/mol. The highest BCUT2D eigenvalue weighted by molar-refractivity contribution is 5.94. The summed E-state index contributed by atoms with van der Waals surface area (Å²) in [6.07, 6.45) is 4.40. The van der Waals surface area contributed by atoms with Crippen LogP contribution in [0.2, 0.25) is 0 Å². The highest BCUT2D eigenvalue weighted by Gasteiger charge is 2.26. The first-order chi connectivity index (χ1) is 14.9. The van der Waals surface area contributed by atoms with Crippen LogP contribution in [-0.2, 0) is 20.7 Å². The lowest BCUT2D eigenvalue weighted by atomic mass is 10.1. The van der Waals surface area contributed by atoms with E-state index in [0.29, 0.717) is 18.0 Å². The first-order valence-electron chi connectivity index (χ1n) is 10.7. The fourth-order valence-corrected chi connectivity index (χ4v) is 4.11. The van der Waals surface area contributed by atoms with Crippen molar-refractivity contribution in [3.05, 3.63) is 46.6 Å². The van der Waals surface area contributed by atoms with Gasteiger partial charge in [0.2, 0.25) is 0 Å². The molecule has 7 heteroatoms. The minimum atomic E-state index is -0.488. The van der Waals surface area contributed by atoms with Crippen LogP contribution in [0.15, 0.2) is 24.3 Å². The van der Waals surface area contributed by atoms with Crippen LogP contribution in [0.25, 0.3) is 0 Å². The summed E-state index contributed by atoms with van der Waals surface area (Å²) in [6, 6.07) is 9.67. The van der Waals surface area contributed by atoms with Crippen molar-refractivity contribution >= 4 is 17.7 Å². The van der Waals surface area contributed by atoms with Gasteiger partial charge in [0.05, 0.1) is 18.6 Å². The third-order valence-electron chi connectivity index (χ3n) is 5.76. The molecule has 7 nitrogen and oxygen atoms in total. The highest BCUT2D eigenvalue weighted by atomic mass is 16.5. The van der Waals surface area contributed by atoms with Gasteiger partial charge in [0.1, 0.15) is 17.6 Å². The number of rotatable bonds is 8. The Balaban J connectivity index is 1.61. The Labute approximate surface area is 183 Å². The molecular formula is C24H29N3O4. The summed E-state index contributed by atoms with van der Waals surface area (Å²) in [5.41, 5.74) is 3.11. The minimum absolute atomic E-state index is 0.0692. The van der Waals surface area contributed by atoms with Gasteiger partial charge in [-0.1, -0.05) is 25.0 Å². The summed E-state index contributed by atoms with van der Waals surface area (Å²) in [5, 5.41) is 12.4. The van der Waals surface area contributed by atoms with E-state index < -0.39 is 18.5 Å². The molecule has 0 spiro atoms. The van der Waals surface area contributed by atoms with Gasteiger partial charge in [0.25, 0.3) is 5.91 Å². The number of amides is 1. The van der Waals surface area contributed by atoms with Gasteiger partial charge in [0.15, 0.2) is 6.61 Å². The minimum Gasteiger partial charge on any atom is -0.494 e. The molecule has 1 aromatic heterocycles. The molecule has 3 rings (SSSR count). The summed E-state index contributed by atoms with van der Waals surface area (Å²) >= 11 is 0. The number of nitrogens with zero attached hydrogens (tertiary/aromatic N) is 2. The number of anilines is 1. The van der Waals surface area contributed by atoms with Gasteiger partial charge in [-0.25, -0.2) is 0 Å². The van der Waals surface area contributed by atoms with E-state index in [1.54, 1.807) is 24.3 Å². The van der Waals surface area contributed by atoms with Gasteiger partial charge in [-0.3, -0.25) is 9.59 Å². The van der Waals surface area contributed by atoms with Gasteiger partial charge in [-0.05, 0) is 56.9 Å². The third kappa shape index (κ3) is 5.26. The van der Waals surface area contributed by atoms with E-state index in [9.17, 15) is 14.9 Å². The predicted octanol–water partition coefficient (Wildman–Crippen LogP) is 4.21. The lowest BCUT2D eigenvalue weighted by molar-refractivity contribution is -0.146. The van der Waals surface area contributed by atoms with Crippen molar-refractivity contribution < 1.29 is 19.1 Å². The summed E-state index contributed by atoms with van der Waals surface area (Å²) < 4.78 is 12.6. The number of ether oxygens (including phenoxy) is 2. The molecule has 2 aromatic rings. The van der Waals surface area contributed by atoms with Crippen LogP contribution in [0.5, 0.6) is 5.75 Å².